The number of hydrogen-bond acceptors (Lipinski definition) is 7. The van der Waals surface area contributed by atoms with Gasteiger partial charge in [0.2, 0.25) is 0 Å². The van der Waals surface area contributed by atoms with Gasteiger partial charge in [0.25, 0.3) is 0 Å². The first-order chi connectivity index (χ1) is 8.99. The first kappa shape index (κ1) is 19.5. The lowest BCUT2D eigenvalue weighted by atomic mass is 10.4. The van der Waals surface area contributed by atoms with E-state index in [2.05, 4.69) is 0 Å². The maximum atomic E-state index is 12.2. The monoisotopic (exact) mass is 353 g/mol. The lowest BCUT2D eigenvalue weighted by molar-refractivity contribution is -0.144. The van der Waals surface area contributed by atoms with Gasteiger partial charge in [-0.2, -0.15) is 0 Å². The molecule has 0 aliphatic rings. The number of carbonyl (C=O) groups is 1. The molecule has 0 saturated heterocycles. The van der Waals surface area contributed by atoms with Crippen molar-refractivity contribution in [1.82, 2.24) is 0 Å². The third kappa shape index (κ3) is 9.13. The minimum absolute atomic E-state index is 0.0562. The topological polar surface area (TPSA) is 87.9 Å². The van der Waals surface area contributed by atoms with Crippen LogP contribution in [0.5, 0.6) is 0 Å². The lowest BCUT2D eigenvalue weighted by Gasteiger charge is -2.18. The molecule has 0 fully saturated rings. The van der Waals surface area contributed by atoms with Gasteiger partial charge in [-0.25, -0.2) is 4.57 Å². The van der Waals surface area contributed by atoms with Crippen molar-refractivity contribution in [1.29, 1.82) is 0 Å². The zero-order valence-corrected chi connectivity index (χ0v) is 13.8. The molecule has 10 heteroatoms. The van der Waals surface area contributed by atoms with Crippen molar-refractivity contribution in [3.63, 3.8) is 0 Å². The highest BCUT2D eigenvalue weighted by molar-refractivity contribution is 8.55. The van der Waals surface area contributed by atoms with Crippen molar-refractivity contribution < 1.29 is 23.1 Å². The van der Waals surface area contributed by atoms with Gasteiger partial charge in [-0.05, 0) is 18.3 Å². The van der Waals surface area contributed by atoms with Gasteiger partial charge < -0.3 is 10.5 Å². The summed E-state index contributed by atoms with van der Waals surface area (Å²) in [5, 5.41) is 0. The average molecular weight is 354 g/mol. The molecule has 0 aromatic heterocycles. The van der Waals surface area contributed by atoms with E-state index < -0.39 is 18.8 Å². The maximum Gasteiger partial charge on any atom is 0.389 e. The quantitative estimate of drug-likeness (QED) is 0.346. The van der Waals surface area contributed by atoms with Crippen LogP contribution < -0.4 is 5.73 Å². The van der Waals surface area contributed by atoms with Gasteiger partial charge in [-0.3, -0.25) is 13.8 Å². The molecule has 0 amide bonds. The average Bonchev–Trinajstić information content (AvgIpc) is 2.41. The number of ether oxygens (including phenoxy) is 1. The van der Waals surface area contributed by atoms with E-state index in [0.717, 1.165) is 11.4 Å². The van der Waals surface area contributed by atoms with Crippen molar-refractivity contribution in [3.05, 3.63) is 0 Å². The third-order valence-electron chi connectivity index (χ3n) is 1.65. The molecule has 19 heavy (non-hydrogen) atoms. The van der Waals surface area contributed by atoms with Crippen molar-refractivity contribution in [2.75, 3.05) is 37.3 Å². The number of esters is 1. The number of alkyl halides is 2. The molecule has 114 valence electrons. The van der Waals surface area contributed by atoms with Crippen LogP contribution in [0.25, 0.3) is 0 Å². The van der Waals surface area contributed by atoms with Crippen molar-refractivity contribution >= 4 is 47.4 Å². The Bertz CT molecular complexity index is 298. The van der Waals surface area contributed by atoms with Gasteiger partial charge >= 0.3 is 12.8 Å². The largest absolute Gasteiger partial charge is 0.465 e. The summed E-state index contributed by atoms with van der Waals surface area (Å²) in [4.78, 5) is 11.3. The number of hydrogen-bond donors (Lipinski definition) is 1. The molecule has 0 aliphatic heterocycles. The minimum atomic E-state index is -3.40. The number of halogens is 2. The molecular formula is C9H18Cl2NO5PS. The fraction of sp³-hybridized carbons (Fsp3) is 0.889. The molecule has 0 rings (SSSR count). The second-order valence-corrected chi connectivity index (χ2v) is 8.02. The number of rotatable bonds is 11. The zero-order chi connectivity index (χ0) is 14.7. The third-order valence-corrected chi connectivity index (χ3v) is 5.81. The first-order valence-electron chi connectivity index (χ1n) is 5.57. The Labute approximate surface area is 126 Å². The minimum Gasteiger partial charge on any atom is -0.465 e. The number of nitrogens with two attached hydrogens (primary N) is 1. The molecular weight excluding hydrogens is 336 g/mol. The highest BCUT2D eigenvalue weighted by atomic mass is 35.5. The normalized spacial score (nSPS) is 13.3. The molecule has 0 aromatic rings. The molecule has 6 nitrogen and oxygen atoms in total. The Morgan fingerprint density at radius 1 is 1.32 bits per heavy atom. The van der Waals surface area contributed by atoms with E-state index in [1.165, 1.54) is 0 Å². The molecule has 0 radical (unpaired) electrons. The van der Waals surface area contributed by atoms with Crippen LogP contribution in [0.1, 0.15) is 6.92 Å². The summed E-state index contributed by atoms with van der Waals surface area (Å²) in [6.45, 7) is -1.35. The van der Waals surface area contributed by atoms with Gasteiger partial charge in [0.1, 0.15) is 6.04 Å². The molecule has 0 spiro atoms. The molecule has 0 aliphatic carbocycles. The highest BCUT2D eigenvalue weighted by Crippen LogP contribution is 2.60. The highest BCUT2D eigenvalue weighted by Gasteiger charge is 2.28. The Morgan fingerprint density at radius 2 is 1.84 bits per heavy atom. The van der Waals surface area contributed by atoms with Crippen LogP contribution in [0.2, 0.25) is 0 Å². The van der Waals surface area contributed by atoms with Gasteiger partial charge in [0.15, 0.2) is 0 Å². The summed E-state index contributed by atoms with van der Waals surface area (Å²) < 4.78 is 27.1. The Morgan fingerprint density at radius 3 is 2.26 bits per heavy atom. The van der Waals surface area contributed by atoms with Gasteiger partial charge in [0.05, 0.1) is 19.8 Å². The molecule has 0 aromatic carbocycles. The van der Waals surface area contributed by atoms with Crippen LogP contribution in [-0.4, -0.2) is 49.3 Å². The SMILES string of the molecule is CCOC(=O)C(N)CSP(=O)(OCCCl)OCCCl. The standard InChI is InChI=1S/C9H18Cl2NO5PS/c1-2-15-9(13)8(12)7-19-18(14,16-5-3-10)17-6-4-11/h8H,2-7,12H2,1H3. The Kier molecular flexibility index (Phi) is 11.5. The van der Waals surface area contributed by atoms with Crippen LogP contribution in [0.3, 0.4) is 0 Å². The predicted octanol–water partition coefficient (Wildman–Crippen LogP) is 2.23. The molecule has 1 atom stereocenters. The molecule has 0 heterocycles. The molecule has 1 unspecified atom stereocenters. The summed E-state index contributed by atoms with van der Waals surface area (Å²) in [6.07, 6.45) is 0. The zero-order valence-electron chi connectivity index (χ0n) is 10.5. The smallest absolute Gasteiger partial charge is 0.389 e. The van der Waals surface area contributed by atoms with E-state index in [4.69, 9.17) is 42.7 Å². The van der Waals surface area contributed by atoms with E-state index in [1.807, 2.05) is 0 Å². The molecule has 0 bridgehead atoms. The Hall–Kier alpha value is 0.510. The lowest BCUT2D eigenvalue weighted by Crippen LogP contribution is -2.34. The van der Waals surface area contributed by atoms with Gasteiger partial charge in [-0.15, -0.1) is 23.2 Å². The summed E-state index contributed by atoms with van der Waals surface area (Å²) in [7, 11) is 0. The fourth-order valence-electron chi connectivity index (χ4n) is 0.893. The van der Waals surface area contributed by atoms with Crippen LogP contribution >= 0.6 is 41.4 Å². The molecule has 2 N–H and O–H groups in total. The van der Waals surface area contributed by atoms with Crippen LogP contribution in [-0.2, 0) is 23.1 Å². The summed E-state index contributed by atoms with van der Waals surface area (Å²) in [6, 6.07) is -0.891. The van der Waals surface area contributed by atoms with Gasteiger partial charge in [-0.1, -0.05) is 0 Å². The molecule has 0 saturated carbocycles. The summed E-state index contributed by atoms with van der Waals surface area (Å²) >= 11 is 11.8. The Balaban J connectivity index is 4.31. The van der Waals surface area contributed by atoms with E-state index >= 15 is 0 Å². The second kappa shape index (κ2) is 11.2. The van der Waals surface area contributed by atoms with Crippen molar-refractivity contribution in [3.8, 4) is 0 Å². The van der Waals surface area contributed by atoms with E-state index in [-0.39, 0.29) is 37.3 Å². The van der Waals surface area contributed by atoms with Crippen LogP contribution in [0.15, 0.2) is 0 Å². The predicted molar refractivity (Wildman–Crippen MR) is 78.0 cm³/mol. The van der Waals surface area contributed by atoms with Crippen LogP contribution in [0.4, 0.5) is 0 Å². The second-order valence-electron chi connectivity index (χ2n) is 3.15. The number of carbonyl (C=O) groups excluding carboxylic acids is 1. The van der Waals surface area contributed by atoms with E-state index in [9.17, 15) is 9.36 Å². The van der Waals surface area contributed by atoms with Crippen molar-refractivity contribution in [2.24, 2.45) is 5.73 Å². The van der Waals surface area contributed by atoms with Gasteiger partial charge in [0, 0.05) is 17.5 Å². The van der Waals surface area contributed by atoms with Crippen LogP contribution in [0, 0.1) is 0 Å². The van der Waals surface area contributed by atoms with Crippen molar-refractivity contribution in [2.45, 2.75) is 13.0 Å². The fourth-order valence-corrected chi connectivity index (χ4v) is 4.52. The summed E-state index contributed by atoms with van der Waals surface area (Å²) in [5.74, 6) is -0.144. The van der Waals surface area contributed by atoms with E-state index in [0.29, 0.717) is 0 Å². The van der Waals surface area contributed by atoms with E-state index in [1.54, 1.807) is 6.92 Å². The first-order valence-corrected chi connectivity index (χ1v) is 9.77. The summed E-state index contributed by atoms with van der Waals surface area (Å²) in [5.41, 5.74) is 5.59. The maximum absolute atomic E-state index is 12.2.